The number of rotatable bonds is 8. The SMILES string of the molecule is CC[C@H]1COCCN1c1cc(C2(S(C)(=O)=O)CCOCC2)nc(-c2ccc3[nH]c(COC(C)C)cc3n2)n1. The second kappa shape index (κ2) is 10.9. The van der Waals surface area contributed by atoms with Gasteiger partial charge in [0.15, 0.2) is 15.7 Å². The van der Waals surface area contributed by atoms with Gasteiger partial charge < -0.3 is 24.1 Å². The van der Waals surface area contributed by atoms with Crippen LogP contribution in [-0.2, 0) is 35.4 Å². The van der Waals surface area contributed by atoms with E-state index in [1.54, 1.807) is 0 Å². The zero-order chi connectivity index (χ0) is 26.9. The summed E-state index contributed by atoms with van der Waals surface area (Å²) in [7, 11) is -3.50. The third-order valence-corrected chi connectivity index (χ3v) is 9.55. The highest BCUT2D eigenvalue weighted by atomic mass is 32.2. The maximum absolute atomic E-state index is 13.3. The molecule has 0 bridgehead atoms. The number of aromatic nitrogens is 4. The smallest absolute Gasteiger partial charge is 0.180 e. The van der Waals surface area contributed by atoms with Crippen molar-refractivity contribution in [2.75, 3.05) is 44.1 Å². The van der Waals surface area contributed by atoms with Gasteiger partial charge in [0, 0.05) is 37.8 Å². The molecule has 5 rings (SSSR count). The van der Waals surface area contributed by atoms with Gasteiger partial charge >= 0.3 is 0 Å². The summed E-state index contributed by atoms with van der Waals surface area (Å²) in [5.74, 6) is 1.12. The first-order valence-corrected chi connectivity index (χ1v) is 15.2. The monoisotopic (exact) mass is 543 g/mol. The average Bonchev–Trinajstić information content (AvgIpc) is 3.33. The van der Waals surface area contributed by atoms with Crippen LogP contribution in [0.2, 0.25) is 0 Å². The minimum absolute atomic E-state index is 0.124. The number of fused-ring (bicyclic) bond motifs is 1. The van der Waals surface area contributed by atoms with Crippen LogP contribution in [0.15, 0.2) is 24.3 Å². The lowest BCUT2D eigenvalue weighted by Gasteiger charge is -2.38. The molecule has 38 heavy (non-hydrogen) atoms. The summed E-state index contributed by atoms with van der Waals surface area (Å²) in [4.78, 5) is 20.3. The minimum atomic E-state index is -3.50. The van der Waals surface area contributed by atoms with E-state index in [1.807, 2.05) is 38.1 Å². The van der Waals surface area contributed by atoms with Gasteiger partial charge in [-0.25, -0.2) is 23.4 Å². The van der Waals surface area contributed by atoms with Crippen LogP contribution in [0.3, 0.4) is 0 Å². The molecule has 11 heteroatoms. The van der Waals surface area contributed by atoms with Crippen molar-refractivity contribution in [1.29, 1.82) is 0 Å². The van der Waals surface area contributed by atoms with Crippen molar-refractivity contribution in [3.8, 4) is 11.5 Å². The highest BCUT2D eigenvalue weighted by Crippen LogP contribution is 2.40. The highest BCUT2D eigenvalue weighted by molar-refractivity contribution is 7.91. The van der Waals surface area contributed by atoms with Gasteiger partial charge in [-0.2, -0.15) is 0 Å². The number of aromatic amines is 1. The molecule has 206 valence electrons. The van der Waals surface area contributed by atoms with Gasteiger partial charge in [-0.15, -0.1) is 0 Å². The Morgan fingerprint density at radius 2 is 1.92 bits per heavy atom. The van der Waals surface area contributed by atoms with Gasteiger partial charge in [0.1, 0.15) is 16.3 Å². The van der Waals surface area contributed by atoms with Gasteiger partial charge in [0.05, 0.1) is 48.7 Å². The third kappa shape index (κ3) is 5.29. The van der Waals surface area contributed by atoms with E-state index in [9.17, 15) is 8.42 Å². The second-order valence-corrected chi connectivity index (χ2v) is 12.8. The molecule has 2 fully saturated rings. The Kier molecular flexibility index (Phi) is 7.72. The van der Waals surface area contributed by atoms with Crippen molar-refractivity contribution in [2.45, 2.75) is 63.5 Å². The molecule has 2 saturated heterocycles. The van der Waals surface area contributed by atoms with Gasteiger partial charge in [-0.05, 0) is 51.3 Å². The van der Waals surface area contributed by atoms with Crippen molar-refractivity contribution >= 4 is 26.7 Å². The van der Waals surface area contributed by atoms with E-state index in [1.165, 1.54) is 6.26 Å². The summed E-state index contributed by atoms with van der Waals surface area (Å²) in [6.07, 6.45) is 3.01. The van der Waals surface area contributed by atoms with Crippen LogP contribution in [0.25, 0.3) is 22.6 Å². The Bertz CT molecular complexity index is 1380. The summed E-state index contributed by atoms with van der Waals surface area (Å²) in [5.41, 5.74) is 3.71. The van der Waals surface area contributed by atoms with Gasteiger partial charge in [-0.1, -0.05) is 6.92 Å². The van der Waals surface area contributed by atoms with Crippen molar-refractivity contribution in [3.05, 3.63) is 35.7 Å². The standard InChI is InChI=1S/C27H37N5O5S/c1-5-20-17-36-13-10-32(20)25-15-24(27(38(4,33)34)8-11-35-12-9-27)30-26(31-25)22-7-6-21-23(29-22)14-19(28-21)16-37-18(2)3/h6-7,14-15,18,20,28H,5,8-13,16-17H2,1-4H3/t20-/m0/s1. The lowest BCUT2D eigenvalue weighted by Crippen LogP contribution is -2.46. The molecule has 10 nitrogen and oxygen atoms in total. The molecule has 2 aliphatic heterocycles. The van der Waals surface area contributed by atoms with E-state index in [0.717, 1.165) is 23.1 Å². The van der Waals surface area contributed by atoms with Crippen LogP contribution in [-0.4, -0.2) is 79.7 Å². The number of hydrogen-bond donors (Lipinski definition) is 1. The zero-order valence-corrected chi connectivity index (χ0v) is 23.4. The summed E-state index contributed by atoms with van der Waals surface area (Å²) >= 11 is 0. The van der Waals surface area contributed by atoms with Crippen molar-refractivity contribution in [3.63, 3.8) is 0 Å². The van der Waals surface area contributed by atoms with Crippen LogP contribution >= 0.6 is 0 Å². The zero-order valence-electron chi connectivity index (χ0n) is 22.6. The number of pyridine rings is 1. The molecule has 3 aromatic heterocycles. The van der Waals surface area contributed by atoms with E-state index in [4.69, 9.17) is 29.2 Å². The average molecular weight is 544 g/mol. The van der Waals surface area contributed by atoms with Gasteiger partial charge in [0.25, 0.3) is 0 Å². The predicted molar refractivity (Wildman–Crippen MR) is 146 cm³/mol. The third-order valence-electron chi connectivity index (χ3n) is 7.51. The molecule has 0 spiro atoms. The molecular formula is C27H37N5O5S. The van der Waals surface area contributed by atoms with Crippen LogP contribution in [0.1, 0.15) is 51.4 Å². The summed E-state index contributed by atoms with van der Waals surface area (Å²) in [5, 5.41) is 0. The molecule has 5 heterocycles. The van der Waals surface area contributed by atoms with Crippen LogP contribution in [0.4, 0.5) is 5.82 Å². The number of ether oxygens (including phenoxy) is 3. The van der Waals surface area contributed by atoms with E-state index in [-0.39, 0.29) is 12.1 Å². The van der Waals surface area contributed by atoms with Crippen molar-refractivity contribution in [2.24, 2.45) is 0 Å². The first-order chi connectivity index (χ1) is 18.2. The molecule has 2 aliphatic rings. The van der Waals surface area contributed by atoms with Crippen molar-refractivity contribution in [1.82, 2.24) is 19.9 Å². The molecular weight excluding hydrogens is 506 g/mol. The molecule has 0 aromatic carbocycles. The summed E-state index contributed by atoms with van der Waals surface area (Å²) < 4.78 is 42.4. The quantitative estimate of drug-likeness (QED) is 0.454. The minimum Gasteiger partial charge on any atom is -0.381 e. The molecule has 0 saturated carbocycles. The van der Waals surface area contributed by atoms with Crippen LogP contribution in [0, 0.1) is 0 Å². The van der Waals surface area contributed by atoms with Crippen molar-refractivity contribution < 1.29 is 22.6 Å². The van der Waals surface area contributed by atoms with E-state index >= 15 is 0 Å². The molecule has 0 amide bonds. The van der Waals surface area contributed by atoms with Crippen LogP contribution < -0.4 is 4.90 Å². The van der Waals surface area contributed by atoms with E-state index in [2.05, 4.69) is 16.8 Å². The normalized spacial score (nSPS) is 20.3. The Hall–Kier alpha value is -2.60. The molecule has 1 atom stereocenters. The maximum atomic E-state index is 13.3. The fourth-order valence-corrected chi connectivity index (χ4v) is 6.66. The predicted octanol–water partition coefficient (Wildman–Crippen LogP) is 3.61. The molecule has 3 aromatic rings. The number of nitrogens with zero attached hydrogens (tertiary/aromatic N) is 4. The number of nitrogens with one attached hydrogen (secondary N) is 1. The number of anilines is 1. The van der Waals surface area contributed by atoms with Gasteiger partial charge in [0.2, 0.25) is 0 Å². The Labute approximate surface area is 224 Å². The number of sulfone groups is 1. The lowest BCUT2D eigenvalue weighted by molar-refractivity contribution is 0.0639. The lowest BCUT2D eigenvalue weighted by atomic mass is 9.94. The Balaban J connectivity index is 1.63. The van der Waals surface area contributed by atoms with Crippen LogP contribution in [0.5, 0.6) is 0 Å². The highest BCUT2D eigenvalue weighted by Gasteiger charge is 2.46. The molecule has 1 N–H and O–H groups in total. The molecule has 0 aliphatic carbocycles. The van der Waals surface area contributed by atoms with Gasteiger partial charge in [-0.3, -0.25) is 0 Å². The fourth-order valence-electron chi connectivity index (χ4n) is 5.27. The topological polar surface area (TPSA) is 120 Å². The largest absolute Gasteiger partial charge is 0.381 e. The van der Waals surface area contributed by atoms with E-state index < -0.39 is 14.6 Å². The summed E-state index contributed by atoms with van der Waals surface area (Å²) in [6, 6.07) is 7.81. The Morgan fingerprint density at radius 1 is 1.13 bits per heavy atom. The Morgan fingerprint density at radius 3 is 2.63 bits per heavy atom. The summed E-state index contributed by atoms with van der Waals surface area (Å²) in [6.45, 7) is 9.18. The van der Waals surface area contributed by atoms with E-state index in [0.29, 0.717) is 75.5 Å². The number of morpholine rings is 1. The fraction of sp³-hybridized carbons (Fsp3) is 0.593. The second-order valence-electron chi connectivity index (χ2n) is 10.4. The number of H-pyrrole nitrogens is 1. The number of hydrogen-bond acceptors (Lipinski definition) is 9. The maximum Gasteiger partial charge on any atom is 0.180 e. The first-order valence-electron chi connectivity index (χ1n) is 13.3. The molecule has 0 radical (unpaired) electrons. The molecule has 0 unspecified atom stereocenters. The first kappa shape index (κ1) is 27.0.